The number of aliphatic hydroxyl groups excluding tert-OH is 1. The molecule has 0 spiro atoms. The van der Waals surface area contributed by atoms with Crippen LogP contribution in [0, 0.1) is 17.0 Å². The number of aliphatic carboxylic acids is 1. The molecule has 0 aromatic heterocycles. The van der Waals surface area contributed by atoms with Gasteiger partial charge in [0.15, 0.2) is 11.6 Å². The number of hydrogen-bond acceptors (Lipinski definition) is 3. The summed E-state index contributed by atoms with van der Waals surface area (Å²) < 4.78 is 27.5. The first-order chi connectivity index (χ1) is 13.4. The molecule has 3 rings (SSSR count). The van der Waals surface area contributed by atoms with Gasteiger partial charge in [-0.3, -0.25) is 9.69 Å². The molecule has 1 saturated heterocycles. The van der Waals surface area contributed by atoms with Crippen molar-refractivity contribution in [1.82, 2.24) is 4.90 Å². The van der Waals surface area contributed by atoms with Gasteiger partial charge >= 0.3 is 5.97 Å². The Morgan fingerprint density at radius 1 is 1.14 bits per heavy atom. The maximum Gasteiger partial charge on any atom is 0.313 e. The van der Waals surface area contributed by atoms with Gasteiger partial charge in [-0.25, -0.2) is 8.78 Å². The molecule has 1 aliphatic rings. The van der Waals surface area contributed by atoms with Crippen molar-refractivity contribution < 1.29 is 23.8 Å². The average Bonchev–Trinajstić information content (AvgIpc) is 2.68. The molecule has 0 bridgehead atoms. The predicted molar refractivity (Wildman–Crippen MR) is 102 cm³/mol. The fraction of sp³-hybridized carbons (Fsp3) is 0.409. The van der Waals surface area contributed by atoms with E-state index in [4.69, 9.17) is 0 Å². The minimum atomic E-state index is -1.31. The maximum atomic E-state index is 14.0. The van der Waals surface area contributed by atoms with E-state index in [-0.39, 0.29) is 25.1 Å². The molecule has 2 atom stereocenters. The summed E-state index contributed by atoms with van der Waals surface area (Å²) in [6, 6.07) is 13.8. The Bertz CT molecular complexity index is 815. The minimum Gasteiger partial charge on any atom is -0.481 e. The molecule has 0 radical (unpaired) electrons. The number of rotatable bonds is 7. The number of aliphatic hydroxyl groups is 1. The van der Waals surface area contributed by atoms with E-state index in [1.54, 1.807) is 4.90 Å². The summed E-state index contributed by atoms with van der Waals surface area (Å²) in [5.41, 5.74) is 0.00333. The van der Waals surface area contributed by atoms with E-state index in [0.717, 1.165) is 18.1 Å². The largest absolute Gasteiger partial charge is 0.481 e. The number of nitrogens with zero attached hydrogens (tertiary/aromatic N) is 1. The number of carboxylic acids is 1. The highest BCUT2D eigenvalue weighted by molar-refractivity contribution is 5.76. The second kappa shape index (κ2) is 8.80. The third kappa shape index (κ3) is 4.39. The van der Waals surface area contributed by atoms with Gasteiger partial charge in [0.05, 0.1) is 6.10 Å². The summed E-state index contributed by atoms with van der Waals surface area (Å²) in [6.45, 7) is 0.656. The highest BCUT2D eigenvalue weighted by Gasteiger charge is 2.48. The predicted octanol–water partition coefficient (Wildman–Crippen LogP) is 3.63. The molecule has 1 aliphatic heterocycles. The summed E-state index contributed by atoms with van der Waals surface area (Å²) >= 11 is 0. The van der Waals surface area contributed by atoms with Gasteiger partial charge in [-0.05, 0) is 37.3 Å². The Kier molecular flexibility index (Phi) is 6.42. The van der Waals surface area contributed by atoms with E-state index in [2.05, 4.69) is 0 Å². The lowest BCUT2D eigenvalue weighted by atomic mass is 9.73. The molecule has 2 N–H and O–H groups in total. The van der Waals surface area contributed by atoms with Gasteiger partial charge in [0.2, 0.25) is 0 Å². The third-order valence-corrected chi connectivity index (χ3v) is 5.64. The number of halogens is 2. The number of hydrogen-bond donors (Lipinski definition) is 2. The smallest absolute Gasteiger partial charge is 0.313 e. The number of benzene rings is 2. The van der Waals surface area contributed by atoms with Gasteiger partial charge in [-0.1, -0.05) is 42.5 Å². The van der Waals surface area contributed by atoms with Crippen LogP contribution in [0.3, 0.4) is 0 Å². The van der Waals surface area contributed by atoms with Crippen molar-refractivity contribution in [1.29, 1.82) is 0 Å². The minimum absolute atomic E-state index is 0.105. The lowest BCUT2D eigenvalue weighted by molar-refractivity contribution is -0.164. The van der Waals surface area contributed by atoms with Gasteiger partial charge in [-0.15, -0.1) is 0 Å². The standard InChI is InChI=1S/C22H25F2NO3/c23-18-10-4-9-17(20(18)24)14-25-13-11-19(26)22(15-25,21(27)28)12-5-8-16-6-2-1-3-7-16/h1-4,6-7,9-10,19,26H,5,8,11-15H2,(H,27,28)/t19-,22-/m1/s1. The zero-order chi connectivity index (χ0) is 20.1. The van der Waals surface area contributed by atoms with Crippen LogP contribution >= 0.6 is 0 Å². The van der Waals surface area contributed by atoms with Gasteiger partial charge in [0, 0.05) is 25.2 Å². The third-order valence-electron chi connectivity index (χ3n) is 5.64. The normalized spacial score (nSPS) is 22.9. The summed E-state index contributed by atoms with van der Waals surface area (Å²) in [4.78, 5) is 13.9. The Morgan fingerprint density at radius 2 is 1.89 bits per heavy atom. The molecular formula is C22H25F2NO3. The molecule has 4 nitrogen and oxygen atoms in total. The van der Waals surface area contributed by atoms with Crippen LogP contribution in [-0.2, 0) is 17.8 Å². The van der Waals surface area contributed by atoms with Crippen LogP contribution in [0.25, 0.3) is 0 Å². The number of carboxylic acid groups (broad SMARTS) is 1. The zero-order valence-corrected chi connectivity index (χ0v) is 15.7. The van der Waals surface area contributed by atoms with Crippen LogP contribution < -0.4 is 0 Å². The van der Waals surface area contributed by atoms with Crippen molar-refractivity contribution in [3.63, 3.8) is 0 Å². The van der Waals surface area contributed by atoms with Crippen LogP contribution in [-0.4, -0.2) is 40.3 Å². The molecule has 0 unspecified atom stereocenters. The topological polar surface area (TPSA) is 60.8 Å². The fourth-order valence-electron chi connectivity index (χ4n) is 4.03. The highest BCUT2D eigenvalue weighted by atomic mass is 19.2. The molecule has 1 fully saturated rings. The Labute approximate surface area is 163 Å². The monoisotopic (exact) mass is 389 g/mol. The molecule has 0 saturated carbocycles. The molecule has 2 aromatic rings. The molecular weight excluding hydrogens is 364 g/mol. The molecule has 28 heavy (non-hydrogen) atoms. The number of carbonyl (C=O) groups is 1. The Morgan fingerprint density at radius 3 is 2.61 bits per heavy atom. The molecule has 0 amide bonds. The van der Waals surface area contributed by atoms with Crippen molar-refractivity contribution in [3.8, 4) is 0 Å². The Balaban J connectivity index is 1.71. The summed E-state index contributed by atoms with van der Waals surface area (Å²) in [5, 5.41) is 20.4. The molecule has 150 valence electrons. The average molecular weight is 389 g/mol. The maximum absolute atomic E-state index is 14.0. The van der Waals surface area contributed by atoms with Crippen LogP contribution in [0.5, 0.6) is 0 Å². The quantitative estimate of drug-likeness (QED) is 0.759. The van der Waals surface area contributed by atoms with Crippen LogP contribution in [0.15, 0.2) is 48.5 Å². The SMILES string of the molecule is O=C(O)[C@]1(CCCc2ccccc2)CN(Cc2cccc(F)c2F)CC[C@H]1O. The van der Waals surface area contributed by atoms with Gasteiger partial charge in [0.25, 0.3) is 0 Å². The second-order valence-electron chi connectivity index (χ2n) is 7.53. The van der Waals surface area contributed by atoms with Gasteiger partial charge in [0.1, 0.15) is 5.41 Å². The van der Waals surface area contributed by atoms with E-state index in [0.29, 0.717) is 19.4 Å². The number of aryl methyl sites for hydroxylation is 1. The van der Waals surface area contributed by atoms with Crippen molar-refractivity contribution in [2.75, 3.05) is 13.1 Å². The van der Waals surface area contributed by atoms with E-state index in [1.807, 2.05) is 30.3 Å². The van der Waals surface area contributed by atoms with E-state index >= 15 is 0 Å². The first kappa shape index (κ1) is 20.4. The van der Waals surface area contributed by atoms with Gasteiger partial charge < -0.3 is 10.2 Å². The van der Waals surface area contributed by atoms with E-state index in [9.17, 15) is 23.8 Å². The van der Waals surface area contributed by atoms with E-state index < -0.39 is 29.1 Å². The van der Waals surface area contributed by atoms with Crippen LogP contribution in [0.2, 0.25) is 0 Å². The summed E-state index contributed by atoms with van der Waals surface area (Å²) in [5.74, 6) is -2.86. The van der Waals surface area contributed by atoms with E-state index in [1.165, 1.54) is 12.1 Å². The highest BCUT2D eigenvalue weighted by Crippen LogP contribution is 2.36. The first-order valence-electron chi connectivity index (χ1n) is 9.53. The zero-order valence-electron chi connectivity index (χ0n) is 15.7. The Hall–Kier alpha value is -2.31. The number of likely N-dealkylation sites (tertiary alicyclic amines) is 1. The van der Waals surface area contributed by atoms with Crippen molar-refractivity contribution >= 4 is 5.97 Å². The lowest BCUT2D eigenvalue weighted by Gasteiger charge is -2.43. The van der Waals surface area contributed by atoms with Crippen molar-refractivity contribution in [2.24, 2.45) is 5.41 Å². The molecule has 6 heteroatoms. The molecule has 0 aliphatic carbocycles. The molecule has 1 heterocycles. The summed E-state index contributed by atoms with van der Waals surface area (Å²) in [6.07, 6.45) is 0.987. The fourth-order valence-corrected chi connectivity index (χ4v) is 4.03. The number of piperidine rings is 1. The summed E-state index contributed by atoms with van der Waals surface area (Å²) in [7, 11) is 0. The lowest BCUT2D eigenvalue weighted by Crippen LogP contribution is -2.55. The van der Waals surface area contributed by atoms with Gasteiger partial charge in [-0.2, -0.15) is 0 Å². The van der Waals surface area contributed by atoms with Crippen molar-refractivity contribution in [2.45, 2.75) is 38.3 Å². The van der Waals surface area contributed by atoms with Crippen LogP contribution in [0.4, 0.5) is 8.78 Å². The van der Waals surface area contributed by atoms with Crippen LogP contribution in [0.1, 0.15) is 30.4 Å². The second-order valence-corrected chi connectivity index (χ2v) is 7.53. The van der Waals surface area contributed by atoms with Crippen molar-refractivity contribution in [3.05, 3.63) is 71.3 Å². The first-order valence-corrected chi connectivity index (χ1v) is 9.53. The molecule has 2 aromatic carbocycles.